The third-order valence-electron chi connectivity index (χ3n) is 2.64. The summed E-state index contributed by atoms with van der Waals surface area (Å²) in [7, 11) is 0. The SMILES string of the molecule is CCOc1cc(/C=N/Nc2nncc(=O)[nH]2)cc(Cl)c1OC(C)C. The van der Waals surface area contributed by atoms with Gasteiger partial charge in [0.05, 0.1) is 23.9 Å². The van der Waals surface area contributed by atoms with E-state index in [-0.39, 0.29) is 17.6 Å². The van der Waals surface area contributed by atoms with Crippen LogP contribution in [0.4, 0.5) is 5.95 Å². The lowest BCUT2D eigenvalue weighted by Gasteiger charge is -2.16. The fourth-order valence-corrected chi connectivity index (χ4v) is 2.07. The molecule has 2 rings (SSSR count). The maximum absolute atomic E-state index is 11.1. The largest absolute Gasteiger partial charge is 0.490 e. The van der Waals surface area contributed by atoms with Crippen molar-refractivity contribution in [1.82, 2.24) is 15.2 Å². The summed E-state index contributed by atoms with van der Waals surface area (Å²) in [6.45, 7) is 6.17. The number of nitrogens with zero attached hydrogens (tertiary/aromatic N) is 3. The summed E-state index contributed by atoms with van der Waals surface area (Å²) >= 11 is 6.27. The number of rotatable bonds is 7. The van der Waals surface area contributed by atoms with Crippen LogP contribution in [0.15, 0.2) is 28.2 Å². The number of hydrogen-bond acceptors (Lipinski definition) is 7. The smallest absolute Gasteiger partial charge is 0.271 e. The second kappa shape index (κ2) is 8.30. The molecule has 128 valence electrons. The Morgan fingerprint density at radius 2 is 2.25 bits per heavy atom. The average molecular weight is 352 g/mol. The van der Waals surface area contributed by atoms with Crippen LogP contribution in [0.3, 0.4) is 0 Å². The van der Waals surface area contributed by atoms with E-state index in [9.17, 15) is 4.79 Å². The molecule has 0 spiro atoms. The number of ether oxygens (including phenoxy) is 2. The normalized spacial score (nSPS) is 11.0. The van der Waals surface area contributed by atoms with Gasteiger partial charge in [-0.25, -0.2) is 5.43 Å². The molecular formula is C15H18ClN5O3. The van der Waals surface area contributed by atoms with E-state index in [0.717, 1.165) is 6.20 Å². The molecule has 0 saturated carbocycles. The van der Waals surface area contributed by atoms with Crippen molar-refractivity contribution in [1.29, 1.82) is 0 Å². The number of aromatic nitrogens is 3. The zero-order valence-electron chi connectivity index (χ0n) is 13.5. The van der Waals surface area contributed by atoms with E-state index in [0.29, 0.717) is 28.7 Å². The average Bonchev–Trinajstić information content (AvgIpc) is 2.51. The zero-order chi connectivity index (χ0) is 17.5. The van der Waals surface area contributed by atoms with Crippen molar-refractivity contribution in [3.8, 4) is 11.5 Å². The van der Waals surface area contributed by atoms with Crippen LogP contribution in [0.25, 0.3) is 0 Å². The molecule has 1 heterocycles. The quantitative estimate of drug-likeness (QED) is 0.587. The minimum Gasteiger partial charge on any atom is -0.490 e. The van der Waals surface area contributed by atoms with Crippen LogP contribution in [0.1, 0.15) is 26.3 Å². The first kappa shape index (κ1) is 17.7. The van der Waals surface area contributed by atoms with Gasteiger partial charge in [0.2, 0.25) is 5.95 Å². The molecule has 2 N–H and O–H groups in total. The molecule has 8 nitrogen and oxygen atoms in total. The first-order valence-corrected chi connectivity index (χ1v) is 7.71. The molecule has 0 fully saturated rings. The van der Waals surface area contributed by atoms with Gasteiger partial charge in [-0.15, -0.1) is 10.2 Å². The van der Waals surface area contributed by atoms with Crippen LogP contribution < -0.4 is 20.5 Å². The van der Waals surface area contributed by atoms with Gasteiger partial charge in [0.15, 0.2) is 11.5 Å². The third-order valence-corrected chi connectivity index (χ3v) is 2.92. The molecule has 9 heteroatoms. The summed E-state index contributed by atoms with van der Waals surface area (Å²) in [5, 5.41) is 11.6. The van der Waals surface area contributed by atoms with E-state index in [1.165, 1.54) is 6.21 Å². The number of nitrogens with one attached hydrogen (secondary N) is 2. The summed E-state index contributed by atoms with van der Waals surface area (Å²) in [4.78, 5) is 13.6. The van der Waals surface area contributed by atoms with E-state index in [1.54, 1.807) is 12.1 Å². The number of aromatic amines is 1. The molecule has 2 aromatic rings. The minimum absolute atomic E-state index is 0.0311. The lowest BCUT2D eigenvalue weighted by molar-refractivity contribution is 0.224. The molecule has 0 aliphatic heterocycles. The Labute approximate surface area is 143 Å². The van der Waals surface area contributed by atoms with Gasteiger partial charge in [0, 0.05) is 0 Å². The molecular weight excluding hydrogens is 334 g/mol. The molecule has 0 amide bonds. The highest BCUT2D eigenvalue weighted by atomic mass is 35.5. The van der Waals surface area contributed by atoms with Gasteiger partial charge >= 0.3 is 0 Å². The van der Waals surface area contributed by atoms with E-state index >= 15 is 0 Å². The molecule has 0 aliphatic rings. The fourth-order valence-electron chi connectivity index (χ4n) is 1.81. The predicted molar refractivity (Wildman–Crippen MR) is 92.3 cm³/mol. The van der Waals surface area contributed by atoms with Crippen molar-refractivity contribution >= 4 is 23.8 Å². The molecule has 1 aromatic heterocycles. The predicted octanol–water partition coefficient (Wildman–Crippen LogP) is 2.45. The Balaban J connectivity index is 2.20. The number of hydrogen-bond donors (Lipinski definition) is 2. The van der Waals surface area contributed by atoms with Gasteiger partial charge in [0.25, 0.3) is 5.56 Å². The van der Waals surface area contributed by atoms with Crippen LogP contribution >= 0.6 is 11.6 Å². The van der Waals surface area contributed by atoms with Gasteiger partial charge in [0.1, 0.15) is 6.20 Å². The van der Waals surface area contributed by atoms with Crippen LogP contribution in [-0.4, -0.2) is 34.1 Å². The number of halogens is 1. The summed E-state index contributed by atoms with van der Waals surface area (Å²) in [6, 6.07) is 3.46. The van der Waals surface area contributed by atoms with E-state index in [1.807, 2.05) is 20.8 Å². The Hall–Kier alpha value is -2.61. The highest BCUT2D eigenvalue weighted by Gasteiger charge is 2.13. The Kier molecular flexibility index (Phi) is 6.14. The second-order valence-corrected chi connectivity index (χ2v) is 5.39. The molecule has 0 aliphatic carbocycles. The zero-order valence-corrected chi connectivity index (χ0v) is 14.3. The van der Waals surface area contributed by atoms with Crippen molar-refractivity contribution in [2.75, 3.05) is 12.0 Å². The summed E-state index contributed by atoms with van der Waals surface area (Å²) in [5.74, 6) is 1.17. The van der Waals surface area contributed by atoms with Crippen LogP contribution in [0, 0.1) is 0 Å². The summed E-state index contributed by atoms with van der Waals surface area (Å²) in [5.41, 5.74) is 2.89. The van der Waals surface area contributed by atoms with Gasteiger partial charge in [-0.3, -0.25) is 9.78 Å². The van der Waals surface area contributed by atoms with Crippen LogP contribution in [0.2, 0.25) is 5.02 Å². The van der Waals surface area contributed by atoms with Gasteiger partial charge < -0.3 is 9.47 Å². The molecule has 24 heavy (non-hydrogen) atoms. The molecule has 0 atom stereocenters. The van der Waals surface area contributed by atoms with Gasteiger partial charge in [-0.1, -0.05) is 11.6 Å². The molecule has 0 saturated heterocycles. The maximum atomic E-state index is 11.1. The fraction of sp³-hybridized carbons (Fsp3) is 0.333. The van der Waals surface area contributed by atoms with E-state index in [2.05, 4.69) is 25.7 Å². The van der Waals surface area contributed by atoms with Gasteiger partial charge in [-0.05, 0) is 38.5 Å². The van der Waals surface area contributed by atoms with Gasteiger partial charge in [-0.2, -0.15) is 5.10 Å². The molecule has 0 radical (unpaired) electrons. The maximum Gasteiger partial charge on any atom is 0.271 e. The molecule has 0 bridgehead atoms. The standard InChI is InChI=1S/C15H18ClN5O3/c1-4-23-12-6-10(5-11(16)14(12)24-9(2)3)7-17-20-15-19-13(22)8-18-21-15/h5-9H,4H2,1-3H3,(H2,19,20,21,22)/b17-7+. The van der Waals surface area contributed by atoms with Crippen molar-refractivity contribution in [2.45, 2.75) is 26.9 Å². The van der Waals surface area contributed by atoms with Crippen molar-refractivity contribution < 1.29 is 9.47 Å². The topological polar surface area (TPSA) is 101 Å². The number of hydrazone groups is 1. The van der Waals surface area contributed by atoms with Crippen molar-refractivity contribution in [2.24, 2.45) is 5.10 Å². The number of benzene rings is 1. The first-order valence-electron chi connectivity index (χ1n) is 7.33. The highest BCUT2D eigenvalue weighted by Crippen LogP contribution is 2.37. The third kappa shape index (κ3) is 4.95. The Bertz CT molecular complexity index is 776. The lowest BCUT2D eigenvalue weighted by Crippen LogP contribution is -2.10. The highest BCUT2D eigenvalue weighted by molar-refractivity contribution is 6.32. The Morgan fingerprint density at radius 1 is 1.46 bits per heavy atom. The van der Waals surface area contributed by atoms with E-state index in [4.69, 9.17) is 21.1 Å². The van der Waals surface area contributed by atoms with E-state index < -0.39 is 0 Å². The molecule has 1 aromatic carbocycles. The van der Waals surface area contributed by atoms with Crippen LogP contribution in [-0.2, 0) is 0 Å². The van der Waals surface area contributed by atoms with Crippen LogP contribution in [0.5, 0.6) is 11.5 Å². The van der Waals surface area contributed by atoms with Crippen molar-refractivity contribution in [3.63, 3.8) is 0 Å². The monoisotopic (exact) mass is 351 g/mol. The van der Waals surface area contributed by atoms with Crippen molar-refractivity contribution in [3.05, 3.63) is 39.3 Å². The summed E-state index contributed by atoms with van der Waals surface area (Å²) < 4.78 is 11.3. The number of anilines is 1. The lowest BCUT2D eigenvalue weighted by atomic mass is 10.2. The Morgan fingerprint density at radius 3 is 2.92 bits per heavy atom. The second-order valence-electron chi connectivity index (χ2n) is 4.98. The minimum atomic E-state index is -0.375. The first-order chi connectivity index (χ1) is 11.5. The summed E-state index contributed by atoms with van der Waals surface area (Å²) in [6.07, 6.45) is 2.55. The number of H-pyrrole nitrogens is 1. The molecule has 0 unspecified atom stereocenters.